The number of thiazole rings is 1. The van der Waals surface area contributed by atoms with Crippen molar-refractivity contribution in [2.24, 2.45) is 0 Å². The van der Waals surface area contributed by atoms with Gasteiger partial charge in [0.1, 0.15) is 16.5 Å². The van der Waals surface area contributed by atoms with E-state index in [0.29, 0.717) is 4.88 Å². The first-order valence-corrected chi connectivity index (χ1v) is 8.15. The number of nitrogens with zero attached hydrogens (tertiary/aromatic N) is 1. The summed E-state index contributed by atoms with van der Waals surface area (Å²) in [5, 5.41) is 2.86. The Labute approximate surface area is 130 Å². The van der Waals surface area contributed by atoms with E-state index < -0.39 is 0 Å². The molecule has 0 fully saturated rings. The molecule has 0 N–H and O–H groups in total. The SMILES string of the molecule is Cc1ccc(C(=O)OCc2csc(-c3ccccc3)n2)s1. The first kappa shape index (κ1) is 14.0. The third-order valence-corrected chi connectivity index (χ3v) is 4.79. The van der Waals surface area contributed by atoms with Crippen LogP contribution in [-0.2, 0) is 11.3 Å². The van der Waals surface area contributed by atoms with Gasteiger partial charge in [0.05, 0.1) is 5.69 Å². The predicted octanol–water partition coefficient (Wildman–Crippen LogP) is 4.54. The molecule has 0 radical (unpaired) electrons. The molecule has 2 aromatic heterocycles. The molecule has 5 heteroatoms. The highest BCUT2D eigenvalue weighted by atomic mass is 32.1. The van der Waals surface area contributed by atoms with Crippen molar-refractivity contribution in [2.75, 3.05) is 0 Å². The maximum absolute atomic E-state index is 11.9. The molecule has 3 nitrogen and oxygen atoms in total. The number of hydrogen-bond acceptors (Lipinski definition) is 5. The second kappa shape index (κ2) is 6.20. The molecule has 0 amide bonds. The third kappa shape index (κ3) is 3.37. The summed E-state index contributed by atoms with van der Waals surface area (Å²) in [6.45, 7) is 2.17. The maximum Gasteiger partial charge on any atom is 0.348 e. The number of rotatable bonds is 4. The fourth-order valence-electron chi connectivity index (χ4n) is 1.84. The van der Waals surface area contributed by atoms with Gasteiger partial charge >= 0.3 is 5.97 Å². The van der Waals surface area contributed by atoms with Crippen LogP contribution in [0.2, 0.25) is 0 Å². The fraction of sp³-hybridized carbons (Fsp3) is 0.125. The van der Waals surface area contributed by atoms with Gasteiger partial charge < -0.3 is 4.74 Å². The molecule has 21 heavy (non-hydrogen) atoms. The Hall–Kier alpha value is -1.98. The topological polar surface area (TPSA) is 39.2 Å². The zero-order valence-corrected chi connectivity index (χ0v) is 13.0. The first-order chi connectivity index (χ1) is 10.2. The molecule has 0 aliphatic carbocycles. The van der Waals surface area contributed by atoms with Crippen LogP contribution in [0, 0.1) is 6.92 Å². The largest absolute Gasteiger partial charge is 0.455 e. The van der Waals surface area contributed by atoms with E-state index in [4.69, 9.17) is 4.74 Å². The molecular weight excluding hydrogens is 302 g/mol. The Morgan fingerprint density at radius 3 is 2.71 bits per heavy atom. The Bertz CT molecular complexity index is 746. The van der Waals surface area contributed by atoms with Crippen LogP contribution in [0.3, 0.4) is 0 Å². The average Bonchev–Trinajstić information content (AvgIpc) is 3.15. The molecule has 0 atom stereocenters. The summed E-state index contributed by atoms with van der Waals surface area (Å²) in [6, 6.07) is 13.7. The molecule has 3 rings (SSSR count). The molecule has 106 valence electrons. The lowest BCUT2D eigenvalue weighted by Crippen LogP contribution is -2.03. The average molecular weight is 315 g/mol. The van der Waals surface area contributed by atoms with Crippen LogP contribution in [0.25, 0.3) is 10.6 Å². The number of aryl methyl sites for hydroxylation is 1. The highest BCUT2D eigenvalue weighted by Gasteiger charge is 2.11. The van der Waals surface area contributed by atoms with Crippen molar-refractivity contribution >= 4 is 28.6 Å². The van der Waals surface area contributed by atoms with Crippen molar-refractivity contribution in [3.63, 3.8) is 0 Å². The van der Waals surface area contributed by atoms with Gasteiger partial charge in [-0.3, -0.25) is 0 Å². The highest BCUT2D eigenvalue weighted by molar-refractivity contribution is 7.14. The predicted molar refractivity (Wildman–Crippen MR) is 85.7 cm³/mol. The van der Waals surface area contributed by atoms with Crippen LogP contribution in [0.4, 0.5) is 0 Å². The normalized spacial score (nSPS) is 10.5. The number of aromatic nitrogens is 1. The van der Waals surface area contributed by atoms with Gasteiger partial charge in [-0.05, 0) is 19.1 Å². The van der Waals surface area contributed by atoms with E-state index in [-0.39, 0.29) is 12.6 Å². The number of esters is 1. The lowest BCUT2D eigenvalue weighted by Gasteiger charge is -2.00. The molecular formula is C16H13NO2S2. The molecule has 0 unspecified atom stereocenters. The number of carbonyl (C=O) groups is 1. The van der Waals surface area contributed by atoms with Crippen LogP contribution in [0.1, 0.15) is 20.2 Å². The van der Waals surface area contributed by atoms with E-state index >= 15 is 0 Å². The third-order valence-electron chi connectivity index (χ3n) is 2.87. The van der Waals surface area contributed by atoms with Gasteiger partial charge in [0.15, 0.2) is 0 Å². The van der Waals surface area contributed by atoms with Crippen molar-refractivity contribution in [1.82, 2.24) is 4.98 Å². The Morgan fingerprint density at radius 2 is 2.00 bits per heavy atom. The number of carbonyl (C=O) groups excluding carboxylic acids is 1. The molecule has 1 aromatic carbocycles. The van der Waals surface area contributed by atoms with Gasteiger partial charge in [0.2, 0.25) is 0 Å². The molecule has 3 aromatic rings. The maximum atomic E-state index is 11.9. The Morgan fingerprint density at radius 1 is 1.19 bits per heavy atom. The van der Waals surface area contributed by atoms with Crippen LogP contribution >= 0.6 is 22.7 Å². The van der Waals surface area contributed by atoms with Crippen LogP contribution in [-0.4, -0.2) is 11.0 Å². The van der Waals surface area contributed by atoms with Gasteiger partial charge in [-0.25, -0.2) is 9.78 Å². The summed E-state index contributed by atoms with van der Waals surface area (Å²) in [7, 11) is 0. The highest BCUT2D eigenvalue weighted by Crippen LogP contribution is 2.24. The van der Waals surface area contributed by atoms with Crippen molar-refractivity contribution < 1.29 is 9.53 Å². The fourth-order valence-corrected chi connectivity index (χ4v) is 3.41. The van der Waals surface area contributed by atoms with Gasteiger partial charge in [-0.1, -0.05) is 30.3 Å². The van der Waals surface area contributed by atoms with Crippen molar-refractivity contribution in [3.05, 3.63) is 63.3 Å². The molecule has 0 bridgehead atoms. The lowest BCUT2D eigenvalue weighted by molar-refractivity contribution is 0.0474. The summed E-state index contributed by atoms with van der Waals surface area (Å²) in [5.74, 6) is -0.289. The lowest BCUT2D eigenvalue weighted by atomic mass is 10.2. The number of ether oxygens (including phenoxy) is 1. The van der Waals surface area contributed by atoms with Gasteiger partial charge in [-0.15, -0.1) is 22.7 Å². The van der Waals surface area contributed by atoms with Crippen LogP contribution in [0.5, 0.6) is 0 Å². The second-order valence-electron chi connectivity index (χ2n) is 4.50. The van der Waals surface area contributed by atoms with Gasteiger partial charge in [0, 0.05) is 15.8 Å². The van der Waals surface area contributed by atoms with E-state index in [1.165, 1.54) is 11.3 Å². The van der Waals surface area contributed by atoms with Crippen LogP contribution < -0.4 is 0 Å². The number of hydrogen-bond donors (Lipinski definition) is 0. The minimum absolute atomic E-state index is 0.207. The molecule has 2 heterocycles. The summed E-state index contributed by atoms with van der Waals surface area (Å²) < 4.78 is 5.29. The molecule has 0 aliphatic rings. The van der Waals surface area contributed by atoms with E-state index in [9.17, 15) is 4.79 Å². The zero-order chi connectivity index (χ0) is 14.7. The quantitative estimate of drug-likeness (QED) is 0.664. The molecule has 0 saturated heterocycles. The monoisotopic (exact) mass is 315 g/mol. The van der Waals surface area contributed by atoms with Crippen molar-refractivity contribution in [2.45, 2.75) is 13.5 Å². The smallest absolute Gasteiger partial charge is 0.348 e. The number of thiophene rings is 1. The molecule has 0 spiro atoms. The minimum Gasteiger partial charge on any atom is -0.455 e. The standard InChI is InChI=1S/C16H13NO2S2/c1-11-7-8-14(21-11)16(18)19-9-13-10-20-15(17-13)12-5-3-2-4-6-12/h2-8,10H,9H2,1H3. The van der Waals surface area contributed by atoms with E-state index in [1.54, 1.807) is 17.4 Å². The van der Waals surface area contributed by atoms with E-state index in [0.717, 1.165) is 21.1 Å². The van der Waals surface area contributed by atoms with Gasteiger partial charge in [0.25, 0.3) is 0 Å². The number of benzene rings is 1. The molecule has 0 saturated carbocycles. The van der Waals surface area contributed by atoms with Crippen molar-refractivity contribution in [1.29, 1.82) is 0 Å². The van der Waals surface area contributed by atoms with E-state index in [2.05, 4.69) is 4.98 Å². The van der Waals surface area contributed by atoms with E-state index in [1.807, 2.05) is 48.7 Å². The second-order valence-corrected chi connectivity index (χ2v) is 6.64. The Kier molecular flexibility index (Phi) is 4.13. The van der Waals surface area contributed by atoms with Gasteiger partial charge in [-0.2, -0.15) is 0 Å². The summed E-state index contributed by atoms with van der Waals surface area (Å²) >= 11 is 3.00. The summed E-state index contributed by atoms with van der Waals surface area (Å²) in [6.07, 6.45) is 0. The zero-order valence-electron chi connectivity index (χ0n) is 11.4. The van der Waals surface area contributed by atoms with Crippen LogP contribution in [0.15, 0.2) is 47.8 Å². The van der Waals surface area contributed by atoms with Crippen molar-refractivity contribution in [3.8, 4) is 10.6 Å². The minimum atomic E-state index is -0.289. The molecule has 0 aliphatic heterocycles. The summed E-state index contributed by atoms with van der Waals surface area (Å²) in [5.41, 5.74) is 1.86. The Balaban J connectivity index is 1.64. The summed E-state index contributed by atoms with van der Waals surface area (Å²) in [4.78, 5) is 18.1. The first-order valence-electron chi connectivity index (χ1n) is 6.46.